The van der Waals surface area contributed by atoms with Crippen molar-refractivity contribution in [1.29, 1.82) is 0 Å². The van der Waals surface area contributed by atoms with E-state index >= 15 is 0 Å². The number of carbonyl (C=O) groups excluding carboxylic acids is 3. The molecule has 0 radical (unpaired) electrons. The first-order valence-corrected chi connectivity index (χ1v) is 15.2. The van der Waals surface area contributed by atoms with Gasteiger partial charge in [0, 0.05) is 37.1 Å². The minimum Gasteiger partial charge on any atom is -0.465 e. The van der Waals surface area contributed by atoms with E-state index in [0.29, 0.717) is 54.9 Å². The Balaban J connectivity index is 1.28. The van der Waals surface area contributed by atoms with Crippen LogP contribution >= 0.6 is 0 Å². The molecule has 14 heteroatoms. The molecule has 47 heavy (non-hydrogen) atoms. The number of carboxylic acid groups (broad SMARTS) is 1. The molecule has 13 nitrogen and oxygen atoms in total. The fourth-order valence-corrected chi connectivity index (χ4v) is 5.63. The van der Waals surface area contributed by atoms with Crippen LogP contribution in [0.5, 0.6) is 0 Å². The summed E-state index contributed by atoms with van der Waals surface area (Å²) in [5.41, 5.74) is 3.46. The molecule has 0 unspecified atom stereocenters. The van der Waals surface area contributed by atoms with Crippen LogP contribution in [0.15, 0.2) is 66.7 Å². The van der Waals surface area contributed by atoms with E-state index in [9.17, 15) is 23.6 Å². The van der Waals surface area contributed by atoms with Crippen LogP contribution in [0.1, 0.15) is 38.2 Å². The van der Waals surface area contributed by atoms with E-state index in [0.717, 1.165) is 11.1 Å². The summed E-state index contributed by atoms with van der Waals surface area (Å²) in [5.74, 6) is -1.27. The Labute approximate surface area is 269 Å². The predicted octanol–water partition coefficient (Wildman–Crippen LogP) is 4.37. The second-order valence-electron chi connectivity index (χ2n) is 11.5. The second-order valence-corrected chi connectivity index (χ2v) is 11.5. The molecule has 6 N–H and O–H groups in total. The largest absolute Gasteiger partial charge is 0.465 e. The minimum absolute atomic E-state index is 0.0948. The van der Waals surface area contributed by atoms with Gasteiger partial charge in [-0.25, -0.2) is 9.18 Å². The van der Waals surface area contributed by atoms with Gasteiger partial charge in [0.15, 0.2) is 0 Å². The second kappa shape index (κ2) is 15.1. The maximum atomic E-state index is 14.5. The molecule has 0 bridgehead atoms. The highest BCUT2D eigenvalue weighted by Gasteiger charge is 2.30. The highest BCUT2D eigenvalue weighted by molar-refractivity contribution is 5.98. The number of anilines is 2. The van der Waals surface area contributed by atoms with Crippen LogP contribution in [0.2, 0.25) is 0 Å². The third-order valence-electron chi connectivity index (χ3n) is 8.16. The summed E-state index contributed by atoms with van der Waals surface area (Å²) < 4.78 is 14.5. The van der Waals surface area contributed by atoms with Crippen molar-refractivity contribution in [3.8, 4) is 22.5 Å². The van der Waals surface area contributed by atoms with Crippen molar-refractivity contribution in [2.45, 2.75) is 45.1 Å². The van der Waals surface area contributed by atoms with Crippen LogP contribution in [0.4, 0.5) is 20.6 Å². The molecule has 0 aliphatic heterocycles. The lowest BCUT2D eigenvalue weighted by molar-refractivity contribution is -0.130. The van der Waals surface area contributed by atoms with E-state index in [4.69, 9.17) is 5.11 Å². The SMILES string of the molecule is CC(=O)Nc1ccc(-c2ccc(C[C@H](NC(=O)C3CCC(CNC(=O)O)CC3)C(=O)Nc3ccc(-c4nn[nH]n4)cc3)cc2)cc1F. The number of H-pyrrole nitrogens is 1. The number of aromatic amines is 1. The molecule has 1 aliphatic carbocycles. The maximum Gasteiger partial charge on any atom is 0.404 e. The van der Waals surface area contributed by atoms with Crippen LogP contribution in [0, 0.1) is 17.7 Å². The van der Waals surface area contributed by atoms with Crippen molar-refractivity contribution in [1.82, 2.24) is 31.3 Å². The first kappa shape index (κ1) is 32.7. The van der Waals surface area contributed by atoms with Gasteiger partial charge in [0.1, 0.15) is 11.9 Å². The molecular weight excluding hydrogens is 607 g/mol. The lowest BCUT2D eigenvalue weighted by Crippen LogP contribution is -2.48. The predicted molar refractivity (Wildman–Crippen MR) is 171 cm³/mol. The minimum atomic E-state index is -1.07. The average molecular weight is 643 g/mol. The quantitative estimate of drug-likeness (QED) is 0.139. The zero-order valence-electron chi connectivity index (χ0n) is 25.6. The molecule has 1 fully saturated rings. The van der Waals surface area contributed by atoms with Crippen molar-refractivity contribution in [2.75, 3.05) is 17.2 Å². The molecule has 3 aromatic carbocycles. The number of carbonyl (C=O) groups is 4. The first-order chi connectivity index (χ1) is 22.6. The standard InChI is InChI=1S/C33H35FN8O5/c1-19(43)36-28-15-12-25(17-27(28)34)22-6-2-20(3-7-22)16-29(38-31(44)24-8-4-21(5-9-24)18-35-33(46)47)32(45)37-26-13-10-23(11-14-26)30-39-41-42-40-30/h2-3,6-7,10-15,17,21,24,29,35H,4-5,8-9,16,18H2,1H3,(H,36,43)(H,37,45)(H,38,44)(H,46,47)(H,39,40,41,42)/t21?,24?,29-/m0/s1. The van der Waals surface area contributed by atoms with Gasteiger partial charge < -0.3 is 26.4 Å². The van der Waals surface area contributed by atoms with Crippen LogP contribution in [0.25, 0.3) is 22.5 Å². The third kappa shape index (κ3) is 8.96. The zero-order chi connectivity index (χ0) is 33.3. The summed E-state index contributed by atoms with van der Waals surface area (Å²) >= 11 is 0. The Morgan fingerprint density at radius 3 is 2.21 bits per heavy atom. The van der Waals surface area contributed by atoms with Gasteiger partial charge in [-0.1, -0.05) is 30.3 Å². The number of hydrogen-bond donors (Lipinski definition) is 6. The van der Waals surface area contributed by atoms with Gasteiger partial charge in [0.2, 0.25) is 23.5 Å². The lowest BCUT2D eigenvalue weighted by atomic mass is 9.81. The Kier molecular flexibility index (Phi) is 10.5. The molecule has 244 valence electrons. The zero-order valence-corrected chi connectivity index (χ0v) is 25.6. The molecular formula is C33H35FN8O5. The van der Waals surface area contributed by atoms with E-state index in [2.05, 4.69) is 41.9 Å². The van der Waals surface area contributed by atoms with E-state index in [-0.39, 0.29) is 35.8 Å². The van der Waals surface area contributed by atoms with E-state index in [1.807, 2.05) is 24.3 Å². The highest BCUT2D eigenvalue weighted by atomic mass is 19.1. The highest BCUT2D eigenvalue weighted by Crippen LogP contribution is 2.29. The molecule has 1 aliphatic rings. The number of hydrogen-bond acceptors (Lipinski definition) is 7. The molecule has 1 saturated carbocycles. The van der Waals surface area contributed by atoms with Gasteiger partial charge in [0.25, 0.3) is 0 Å². The average Bonchev–Trinajstić information content (AvgIpc) is 3.60. The van der Waals surface area contributed by atoms with Crippen molar-refractivity contribution in [2.24, 2.45) is 11.8 Å². The van der Waals surface area contributed by atoms with Gasteiger partial charge in [-0.3, -0.25) is 14.4 Å². The molecule has 0 saturated heterocycles. The van der Waals surface area contributed by atoms with Gasteiger partial charge >= 0.3 is 6.09 Å². The summed E-state index contributed by atoms with van der Waals surface area (Å²) in [6.07, 6.45) is 1.73. The normalized spacial score (nSPS) is 16.5. The molecule has 4 aromatic rings. The molecule has 1 aromatic heterocycles. The molecule has 1 atom stereocenters. The molecule has 1 heterocycles. The van der Waals surface area contributed by atoms with Crippen LogP contribution in [-0.4, -0.2) is 62.1 Å². The van der Waals surface area contributed by atoms with E-state index in [1.165, 1.54) is 19.1 Å². The van der Waals surface area contributed by atoms with Crippen LogP contribution in [0.3, 0.4) is 0 Å². The number of tetrazole rings is 1. The Morgan fingerprint density at radius 1 is 0.915 bits per heavy atom. The van der Waals surface area contributed by atoms with Crippen molar-refractivity contribution >= 4 is 35.2 Å². The fraction of sp³-hybridized carbons (Fsp3) is 0.303. The van der Waals surface area contributed by atoms with Crippen molar-refractivity contribution in [3.63, 3.8) is 0 Å². The summed E-state index contributed by atoms with van der Waals surface area (Å²) in [4.78, 5) is 49.1. The van der Waals surface area contributed by atoms with Gasteiger partial charge in [-0.05, 0) is 89.9 Å². The number of rotatable bonds is 11. The van der Waals surface area contributed by atoms with Crippen molar-refractivity contribution < 1.29 is 28.7 Å². The van der Waals surface area contributed by atoms with Crippen LogP contribution < -0.4 is 21.3 Å². The molecule has 4 amide bonds. The van der Waals surface area contributed by atoms with Crippen LogP contribution in [-0.2, 0) is 20.8 Å². The number of benzene rings is 3. The van der Waals surface area contributed by atoms with E-state index in [1.54, 1.807) is 30.3 Å². The number of amides is 4. The summed E-state index contributed by atoms with van der Waals surface area (Å²) in [6.45, 7) is 1.66. The Morgan fingerprint density at radius 2 is 1.60 bits per heavy atom. The topological polar surface area (TPSA) is 191 Å². The maximum absolute atomic E-state index is 14.5. The molecule has 5 rings (SSSR count). The lowest BCUT2D eigenvalue weighted by Gasteiger charge is -2.29. The van der Waals surface area contributed by atoms with E-state index < -0.39 is 23.9 Å². The van der Waals surface area contributed by atoms with Gasteiger partial charge in [-0.15, -0.1) is 10.2 Å². The number of nitrogens with zero attached hydrogens (tertiary/aromatic N) is 3. The number of nitrogens with one attached hydrogen (secondary N) is 5. The number of halogens is 1. The summed E-state index contributed by atoms with van der Waals surface area (Å²) in [7, 11) is 0. The summed E-state index contributed by atoms with van der Waals surface area (Å²) in [6, 6.07) is 17.8. The Hall–Kier alpha value is -5.66. The molecule has 0 spiro atoms. The first-order valence-electron chi connectivity index (χ1n) is 15.2. The smallest absolute Gasteiger partial charge is 0.404 e. The third-order valence-corrected chi connectivity index (χ3v) is 8.16. The monoisotopic (exact) mass is 642 g/mol. The fourth-order valence-electron chi connectivity index (χ4n) is 5.63. The van der Waals surface area contributed by atoms with Gasteiger partial charge in [0.05, 0.1) is 5.69 Å². The van der Waals surface area contributed by atoms with Crippen molar-refractivity contribution in [3.05, 3.63) is 78.1 Å². The van der Waals surface area contributed by atoms with Gasteiger partial charge in [-0.2, -0.15) is 5.21 Å². The number of aromatic nitrogens is 4. The Bertz CT molecular complexity index is 1710. The summed E-state index contributed by atoms with van der Waals surface area (Å²) in [5, 5.41) is 33.4.